The van der Waals surface area contributed by atoms with Gasteiger partial charge in [0.25, 0.3) is 5.91 Å². The van der Waals surface area contributed by atoms with E-state index in [0.717, 1.165) is 0 Å². The van der Waals surface area contributed by atoms with Crippen molar-refractivity contribution in [3.05, 3.63) is 53.1 Å². The Balaban J connectivity index is 1.69. The molecule has 2 aromatic carbocycles. The maximum absolute atomic E-state index is 13.4. The lowest BCUT2D eigenvalue weighted by Crippen LogP contribution is -2.52. The van der Waals surface area contributed by atoms with Gasteiger partial charge in [-0.15, -0.1) is 0 Å². The van der Waals surface area contributed by atoms with Crippen molar-refractivity contribution >= 4 is 29.2 Å². The highest BCUT2D eigenvalue weighted by molar-refractivity contribution is 6.30. The van der Waals surface area contributed by atoms with E-state index in [2.05, 4.69) is 19.2 Å². The summed E-state index contributed by atoms with van der Waals surface area (Å²) in [5, 5.41) is 3.42. The second-order valence-electron chi connectivity index (χ2n) is 8.55. The third kappa shape index (κ3) is 6.77. The number of hydrogen-bond acceptors (Lipinski definition) is 5. The van der Waals surface area contributed by atoms with Crippen LogP contribution in [0, 0.1) is 5.92 Å². The number of methoxy groups -OCH3 is 2. The predicted octanol–water partition coefficient (Wildman–Crippen LogP) is 4.39. The van der Waals surface area contributed by atoms with Gasteiger partial charge in [-0.3, -0.25) is 4.79 Å². The molecule has 1 atom stereocenters. The van der Waals surface area contributed by atoms with Gasteiger partial charge in [0.15, 0.2) is 11.5 Å². The van der Waals surface area contributed by atoms with Gasteiger partial charge >= 0.3 is 6.03 Å². The van der Waals surface area contributed by atoms with E-state index in [1.54, 1.807) is 59.4 Å². The molecule has 9 heteroatoms. The number of hydrogen-bond donors (Lipinski definition) is 1. The second kappa shape index (κ2) is 11.9. The highest BCUT2D eigenvalue weighted by Gasteiger charge is 2.28. The van der Waals surface area contributed by atoms with Crippen molar-refractivity contribution in [1.82, 2.24) is 9.80 Å². The Hall–Kier alpha value is -2.97. The Morgan fingerprint density at radius 3 is 2.62 bits per heavy atom. The number of carbonyl (C=O) groups excluding carboxylic acids is 2. The van der Waals surface area contributed by atoms with Gasteiger partial charge in [0.1, 0.15) is 0 Å². The molecule has 8 nitrogen and oxygen atoms in total. The smallest absolute Gasteiger partial charge is 0.322 e. The SMILES string of the molecule is COc1ccc(C(=O)N(CC(C)C)C[C@@H]2CN(C(=O)Nc3cccc(Cl)c3)CCO2)cc1OC. The van der Waals surface area contributed by atoms with Crippen molar-refractivity contribution in [2.75, 3.05) is 52.3 Å². The van der Waals surface area contributed by atoms with Crippen LogP contribution in [0.5, 0.6) is 11.5 Å². The number of rotatable bonds is 8. The summed E-state index contributed by atoms with van der Waals surface area (Å²) in [5.74, 6) is 1.19. The topological polar surface area (TPSA) is 80.3 Å². The molecule has 0 aliphatic carbocycles. The molecule has 1 aliphatic rings. The van der Waals surface area contributed by atoms with E-state index in [-0.39, 0.29) is 24.0 Å². The molecule has 3 rings (SSSR count). The first-order valence-corrected chi connectivity index (χ1v) is 11.6. The second-order valence-corrected chi connectivity index (χ2v) is 8.99. The minimum Gasteiger partial charge on any atom is -0.493 e. The Morgan fingerprint density at radius 1 is 1.18 bits per heavy atom. The van der Waals surface area contributed by atoms with Gasteiger partial charge in [-0.25, -0.2) is 4.79 Å². The fourth-order valence-corrected chi connectivity index (χ4v) is 4.05. The molecule has 0 spiro atoms. The summed E-state index contributed by atoms with van der Waals surface area (Å²) in [6.07, 6.45) is -0.304. The van der Waals surface area contributed by atoms with Crippen LogP contribution in [-0.2, 0) is 4.74 Å². The molecule has 0 radical (unpaired) electrons. The molecule has 0 bridgehead atoms. The quantitative estimate of drug-likeness (QED) is 0.595. The number of halogens is 1. The molecular weight excluding hydrogens is 458 g/mol. The maximum Gasteiger partial charge on any atom is 0.322 e. The van der Waals surface area contributed by atoms with Crippen LogP contribution in [0.25, 0.3) is 0 Å². The van der Waals surface area contributed by atoms with Crippen molar-refractivity contribution < 1.29 is 23.8 Å². The van der Waals surface area contributed by atoms with Crippen molar-refractivity contribution in [1.29, 1.82) is 0 Å². The number of carbonyl (C=O) groups is 2. The predicted molar refractivity (Wildman–Crippen MR) is 132 cm³/mol. The monoisotopic (exact) mass is 489 g/mol. The number of nitrogens with zero attached hydrogens (tertiary/aromatic N) is 2. The van der Waals surface area contributed by atoms with E-state index in [9.17, 15) is 9.59 Å². The van der Waals surface area contributed by atoms with Crippen LogP contribution in [0.15, 0.2) is 42.5 Å². The average Bonchev–Trinajstić information content (AvgIpc) is 2.82. The fourth-order valence-electron chi connectivity index (χ4n) is 3.86. The summed E-state index contributed by atoms with van der Waals surface area (Å²) in [6, 6.07) is 11.9. The fraction of sp³-hybridized carbons (Fsp3) is 0.440. The Labute approximate surface area is 205 Å². The zero-order valence-electron chi connectivity index (χ0n) is 20.0. The van der Waals surface area contributed by atoms with Gasteiger partial charge in [0.05, 0.1) is 33.5 Å². The minimum atomic E-state index is -0.304. The first kappa shape index (κ1) is 25.6. The van der Waals surface area contributed by atoms with Gasteiger partial charge in [-0.2, -0.15) is 0 Å². The van der Waals surface area contributed by atoms with Crippen LogP contribution in [-0.4, -0.2) is 74.8 Å². The van der Waals surface area contributed by atoms with E-state index in [1.165, 1.54) is 7.11 Å². The zero-order valence-corrected chi connectivity index (χ0v) is 20.8. The van der Waals surface area contributed by atoms with Gasteiger partial charge in [-0.1, -0.05) is 31.5 Å². The van der Waals surface area contributed by atoms with Gasteiger partial charge in [-0.05, 0) is 42.3 Å². The van der Waals surface area contributed by atoms with Crippen molar-refractivity contribution in [3.8, 4) is 11.5 Å². The Morgan fingerprint density at radius 2 is 1.94 bits per heavy atom. The van der Waals surface area contributed by atoms with Crippen molar-refractivity contribution in [2.45, 2.75) is 20.0 Å². The summed E-state index contributed by atoms with van der Waals surface area (Å²) < 4.78 is 16.6. The molecule has 1 aliphatic heterocycles. The van der Waals surface area contributed by atoms with E-state index in [4.69, 9.17) is 25.8 Å². The van der Waals surface area contributed by atoms with E-state index in [0.29, 0.717) is 60.6 Å². The number of anilines is 1. The molecule has 1 N–H and O–H groups in total. The molecule has 1 fully saturated rings. The minimum absolute atomic E-state index is 0.126. The number of benzene rings is 2. The van der Waals surface area contributed by atoms with Crippen LogP contribution in [0.4, 0.5) is 10.5 Å². The van der Waals surface area contributed by atoms with Gasteiger partial charge in [0, 0.05) is 35.9 Å². The summed E-state index contributed by atoms with van der Waals surface area (Å²) in [4.78, 5) is 29.6. The Kier molecular flexibility index (Phi) is 9.01. The molecule has 2 aromatic rings. The summed E-state index contributed by atoms with van der Waals surface area (Å²) >= 11 is 6.01. The van der Waals surface area contributed by atoms with Crippen LogP contribution >= 0.6 is 11.6 Å². The summed E-state index contributed by atoms with van der Waals surface area (Å²) in [6.45, 7) is 6.28. The third-order valence-electron chi connectivity index (χ3n) is 5.43. The lowest BCUT2D eigenvalue weighted by molar-refractivity contribution is -0.0272. The number of ether oxygens (including phenoxy) is 3. The lowest BCUT2D eigenvalue weighted by Gasteiger charge is -2.36. The summed E-state index contributed by atoms with van der Waals surface area (Å²) in [5.41, 5.74) is 1.13. The maximum atomic E-state index is 13.4. The normalized spacial score (nSPS) is 15.7. The van der Waals surface area contributed by atoms with Crippen LogP contribution in [0.1, 0.15) is 24.2 Å². The number of nitrogens with one attached hydrogen (secondary N) is 1. The average molecular weight is 490 g/mol. The first-order valence-electron chi connectivity index (χ1n) is 11.2. The largest absolute Gasteiger partial charge is 0.493 e. The lowest BCUT2D eigenvalue weighted by atomic mass is 10.1. The van der Waals surface area contributed by atoms with Crippen molar-refractivity contribution in [2.24, 2.45) is 5.92 Å². The van der Waals surface area contributed by atoms with E-state index < -0.39 is 0 Å². The molecule has 34 heavy (non-hydrogen) atoms. The van der Waals surface area contributed by atoms with Crippen molar-refractivity contribution in [3.63, 3.8) is 0 Å². The third-order valence-corrected chi connectivity index (χ3v) is 5.66. The van der Waals surface area contributed by atoms with Gasteiger partial charge < -0.3 is 29.3 Å². The summed E-state index contributed by atoms with van der Waals surface area (Å²) in [7, 11) is 3.09. The highest BCUT2D eigenvalue weighted by atomic mass is 35.5. The van der Waals surface area contributed by atoms with E-state index in [1.807, 2.05) is 0 Å². The molecule has 1 saturated heterocycles. The van der Waals surface area contributed by atoms with Crippen LogP contribution < -0.4 is 14.8 Å². The van der Waals surface area contributed by atoms with E-state index >= 15 is 0 Å². The molecule has 3 amide bonds. The standard InChI is InChI=1S/C25H32ClN3O5/c1-17(2)14-29(24(30)18-8-9-22(32-3)23(12-18)33-4)16-21-15-28(10-11-34-21)25(31)27-20-7-5-6-19(26)13-20/h5-9,12-13,17,21H,10-11,14-16H2,1-4H3,(H,27,31)/t21-/m0/s1. The molecule has 184 valence electrons. The molecule has 1 heterocycles. The number of amides is 3. The highest BCUT2D eigenvalue weighted by Crippen LogP contribution is 2.28. The molecule has 0 saturated carbocycles. The first-order chi connectivity index (χ1) is 16.3. The number of urea groups is 1. The number of morpholine rings is 1. The van der Waals surface area contributed by atoms with Crippen LogP contribution in [0.3, 0.4) is 0 Å². The van der Waals surface area contributed by atoms with Crippen LogP contribution in [0.2, 0.25) is 5.02 Å². The molecule has 0 unspecified atom stereocenters. The Bertz CT molecular complexity index is 1000. The zero-order chi connectivity index (χ0) is 24.7. The molecule has 0 aromatic heterocycles. The molecular formula is C25H32ClN3O5. The van der Waals surface area contributed by atoms with Gasteiger partial charge in [0.2, 0.25) is 0 Å².